The molecule has 0 aliphatic rings. The molecule has 0 spiro atoms. The molecule has 9 heteroatoms. The van der Waals surface area contributed by atoms with E-state index in [9.17, 15) is 18.0 Å². The van der Waals surface area contributed by atoms with Crippen LogP contribution in [0.25, 0.3) is 22.4 Å². The van der Waals surface area contributed by atoms with Gasteiger partial charge in [0.1, 0.15) is 11.5 Å². The summed E-state index contributed by atoms with van der Waals surface area (Å²) in [4.78, 5) is 17.5. The second-order valence-corrected chi connectivity index (χ2v) is 7.99. The third-order valence-corrected chi connectivity index (χ3v) is 5.65. The number of carbonyl (C=O) groups excluding carboxylic acids is 1. The van der Waals surface area contributed by atoms with Crippen LogP contribution in [0.3, 0.4) is 0 Å². The van der Waals surface area contributed by atoms with E-state index >= 15 is 0 Å². The van der Waals surface area contributed by atoms with Crippen LogP contribution in [-0.4, -0.2) is 28.4 Å². The first-order valence-corrected chi connectivity index (χ1v) is 11.2. The van der Waals surface area contributed by atoms with E-state index in [0.717, 1.165) is 22.6 Å². The van der Waals surface area contributed by atoms with Crippen molar-refractivity contribution >= 4 is 11.9 Å². The van der Waals surface area contributed by atoms with Crippen molar-refractivity contribution in [1.82, 2.24) is 9.55 Å². The van der Waals surface area contributed by atoms with Crippen LogP contribution in [0.1, 0.15) is 22.8 Å². The van der Waals surface area contributed by atoms with Crippen molar-refractivity contribution in [3.63, 3.8) is 0 Å². The zero-order valence-corrected chi connectivity index (χ0v) is 19.9. The standard InChI is InChI=1S/C27H24F3N3O3/c1-4-35-20-12-10-19(11-13-20)24-16-31-26(33(24)3)32-25(34)23-7-5-6-22(17(23)2)18-8-14-21(15-9-18)36-27(28,29)30/h5-16H,4H2,1-3H3,(H,31,32,34). The summed E-state index contributed by atoms with van der Waals surface area (Å²) in [5.41, 5.74) is 4.22. The van der Waals surface area contributed by atoms with Gasteiger partial charge in [0.25, 0.3) is 5.91 Å². The van der Waals surface area contributed by atoms with Gasteiger partial charge < -0.3 is 14.0 Å². The number of benzene rings is 3. The minimum absolute atomic E-state index is 0.309. The molecule has 0 saturated carbocycles. The summed E-state index contributed by atoms with van der Waals surface area (Å²) in [5.74, 6) is 0.492. The molecule has 1 N–H and O–H groups in total. The molecule has 36 heavy (non-hydrogen) atoms. The van der Waals surface area contributed by atoms with Crippen LogP contribution in [0.5, 0.6) is 11.5 Å². The maximum Gasteiger partial charge on any atom is 0.573 e. The minimum atomic E-state index is -4.76. The Balaban J connectivity index is 1.53. The number of alkyl halides is 3. The average Bonchev–Trinajstić information content (AvgIpc) is 3.19. The number of nitrogens with zero attached hydrogens (tertiary/aromatic N) is 2. The van der Waals surface area contributed by atoms with Crippen molar-refractivity contribution in [2.45, 2.75) is 20.2 Å². The molecule has 4 aromatic rings. The van der Waals surface area contributed by atoms with Gasteiger partial charge in [-0.3, -0.25) is 10.1 Å². The Morgan fingerprint density at radius 2 is 1.61 bits per heavy atom. The first-order chi connectivity index (χ1) is 17.2. The lowest BCUT2D eigenvalue weighted by Gasteiger charge is -2.13. The molecule has 6 nitrogen and oxygen atoms in total. The molecule has 0 fully saturated rings. The summed E-state index contributed by atoms with van der Waals surface area (Å²) >= 11 is 0. The number of imidazole rings is 1. The lowest BCUT2D eigenvalue weighted by molar-refractivity contribution is -0.274. The van der Waals surface area contributed by atoms with Gasteiger partial charge in [-0.15, -0.1) is 13.2 Å². The number of rotatable bonds is 7. The van der Waals surface area contributed by atoms with E-state index in [1.165, 1.54) is 24.3 Å². The Bertz CT molecular complexity index is 1360. The number of nitrogens with one attached hydrogen (secondary N) is 1. The van der Waals surface area contributed by atoms with E-state index in [-0.39, 0.29) is 11.7 Å². The second-order valence-electron chi connectivity index (χ2n) is 7.99. The van der Waals surface area contributed by atoms with Crippen LogP contribution >= 0.6 is 0 Å². The van der Waals surface area contributed by atoms with Crippen molar-refractivity contribution in [3.8, 4) is 33.9 Å². The highest BCUT2D eigenvalue weighted by molar-refractivity contribution is 6.05. The molecule has 1 aromatic heterocycles. The molecule has 0 unspecified atom stereocenters. The molecule has 0 atom stereocenters. The molecule has 0 bridgehead atoms. The van der Waals surface area contributed by atoms with Crippen LogP contribution in [0, 0.1) is 6.92 Å². The number of hydrogen-bond acceptors (Lipinski definition) is 4. The molecular weight excluding hydrogens is 471 g/mol. The zero-order chi connectivity index (χ0) is 25.9. The van der Waals surface area contributed by atoms with Crippen molar-refractivity contribution in [2.75, 3.05) is 11.9 Å². The fourth-order valence-electron chi connectivity index (χ4n) is 3.88. The molecule has 1 heterocycles. The van der Waals surface area contributed by atoms with E-state index in [1.54, 1.807) is 35.9 Å². The Labute approximate surface area is 206 Å². The van der Waals surface area contributed by atoms with Gasteiger partial charge in [-0.05, 0) is 73.0 Å². The topological polar surface area (TPSA) is 65.4 Å². The van der Waals surface area contributed by atoms with Gasteiger partial charge in [-0.25, -0.2) is 4.98 Å². The van der Waals surface area contributed by atoms with Crippen molar-refractivity contribution in [3.05, 3.63) is 84.1 Å². The Morgan fingerprint density at radius 3 is 2.25 bits per heavy atom. The van der Waals surface area contributed by atoms with E-state index in [0.29, 0.717) is 29.2 Å². The van der Waals surface area contributed by atoms with Gasteiger partial charge in [-0.2, -0.15) is 0 Å². The van der Waals surface area contributed by atoms with Crippen LogP contribution < -0.4 is 14.8 Å². The monoisotopic (exact) mass is 495 g/mol. The lowest BCUT2D eigenvalue weighted by atomic mass is 9.96. The van der Waals surface area contributed by atoms with Gasteiger partial charge >= 0.3 is 6.36 Å². The largest absolute Gasteiger partial charge is 0.573 e. The molecule has 1 amide bonds. The summed E-state index contributed by atoms with van der Waals surface area (Å²) in [7, 11) is 1.81. The highest BCUT2D eigenvalue weighted by Crippen LogP contribution is 2.30. The van der Waals surface area contributed by atoms with Crippen molar-refractivity contribution in [2.24, 2.45) is 7.05 Å². The third-order valence-electron chi connectivity index (χ3n) is 5.65. The van der Waals surface area contributed by atoms with Crippen molar-refractivity contribution in [1.29, 1.82) is 0 Å². The minimum Gasteiger partial charge on any atom is -0.494 e. The predicted octanol–water partition coefficient (Wildman–Crippen LogP) is 6.61. The van der Waals surface area contributed by atoms with Crippen LogP contribution in [-0.2, 0) is 7.05 Å². The lowest BCUT2D eigenvalue weighted by Crippen LogP contribution is -2.17. The quantitative estimate of drug-likeness (QED) is 0.313. The van der Waals surface area contributed by atoms with Crippen LogP contribution in [0.2, 0.25) is 0 Å². The first kappa shape index (κ1) is 24.8. The van der Waals surface area contributed by atoms with Gasteiger partial charge in [0.15, 0.2) is 0 Å². The normalized spacial score (nSPS) is 11.3. The summed E-state index contributed by atoms with van der Waals surface area (Å²) < 4.78 is 48.5. The number of halogens is 3. The molecule has 0 aliphatic carbocycles. The fraction of sp³-hybridized carbons (Fsp3) is 0.185. The number of carbonyl (C=O) groups is 1. The number of aromatic nitrogens is 2. The van der Waals surface area contributed by atoms with E-state index in [4.69, 9.17) is 4.74 Å². The van der Waals surface area contributed by atoms with Crippen LogP contribution in [0.15, 0.2) is 72.9 Å². The molecule has 186 valence electrons. The zero-order valence-electron chi connectivity index (χ0n) is 19.9. The Kier molecular flexibility index (Phi) is 7.00. The van der Waals surface area contributed by atoms with Gasteiger partial charge in [0.2, 0.25) is 5.95 Å². The first-order valence-electron chi connectivity index (χ1n) is 11.2. The second kappa shape index (κ2) is 10.2. The molecular formula is C27H24F3N3O3. The maximum atomic E-state index is 13.1. The summed E-state index contributed by atoms with van der Waals surface area (Å²) in [5, 5.41) is 2.85. The van der Waals surface area contributed by atoms with E-state index < -0.39 is 6.36 Å². The average molecular weight is 496 g/mol. The molecule has 3 aromatic carbocycles. The van der Waals surface area contributed by atoms with Crippen molar-refractivity contribution < 1.29 is 27.4 Å². The summed E-state index contributed by atoms with van der Waals surface area (Å²) in [6.45, 7) is 4.29. The van der Waals surface area contributed by atoms with Crippen LogP contribution in [0.4, 0.5) is 19.1 Å². The highest BCUT2D eigenvalue weighted by Gasteiger charge is 2.31. The number of anilines is 1. The molecule has 0 aliphatic heterocycles. The van der Waals surface area contributed by atoms with E-state index in [1.807, 2.05) is 38.2 Å². The van der Waals surface area contributed by atoms with Gasteiger partial charge in [0.05, 0.1) is 18.5 Å². The molecule has 0 radical (unpaired) electrons. The fourth-order valence-corrected chi connectivity index (χ4v) is 3.88. The summed E-state index contributed by atoms with van der Waals surface area (Å²) in [6.07, 6.45) is -3.08. The smallest absolute Gasteiger partial charge is 0.494 e. The Morgan fingerprint density at radius 1 is 0.972 bits per heavy atom. The number of ether oxygens (including phenoxy) is 2. The molecule has 0 saturated heterocycles. The maximum absolute atomic E-state index is 13.1. The number of amides is 1. The van der Waals surface area contributed by atoms with E-state index in [2.05, 4.69) is 15.0 Å². The Hall–Kier alpha value is -4.27. The SMILES string of the molecule is CCOc1ccc(-c2cnc(NC(=O)c3cccc(-c4ccc(OC(F)(F)F)cc4)c3C)n2C)cc1. The highest BCUT2D eigenvalue weighted by atomic mass is 19.4. The predicted molar refractivity (Wildman–Crippen MR) is 131 cm³/mol. The van der Waals surface area contributed by atoms with Gasteiger partial charge in [-0.1, -0.05) is 24.3 Å². The number of hydrogen-bond donors (Lipinski definition) is 1. The molecule has 4 rings (SSSR count). The third kappa shape index (κ3) is 5.51. The van der Waals surface area contributed by atoms with Gasteiger partial charge in [0, 0.05) is 18.2 Å². The summed E-state index contributed by atoms with van der Waals surface area (Å²) in [6, 6.07) is 18.3.